The Kier molecular flexibility index (Phi) is 2.27. The van der Waals surface area contributed by atoms with E-state index in [0.29, 0.717) is 0 Å². The van der Waals surface area contributed by atoms with Gasteiger partial charge in [-0.05, 0) is 13.8 Å². The van der Waals surface area contributed by atoms with Crippen LogP contribution in [0.3, 0.4) is 0 Å². The third kappa shape index (κ3) is 1.48. The summed E-state index contributed by atoms with van der Waals surface area (Å²) in [6.07, 6.45) is 1.91. The molecule has 3 nitrogen and oxygen atoms in total. The highest BCUT2D eigenvalue weighted by Gasteiger charge is 2.21. The molecular formula is C7H12N2O. The van der Waals surface area contributed by atoms with Crippen molar-refractivity contribution in [3.8, 4) is 0 Å². The number of rotatable bonds is 1. The Morgan fingerprint density at radius 1 is 1.60 bits per heavy atom. The zero-order chi connectivity index (χ0) is 7.56. The van der Waals surface area contributed by atoms with Gasteiger partial charge >= 0.3 is 6.41 Å². The minimum Gasteiger partial charge on any atom is -0.329 e. The van der Waals surface area contributed by atoms with Gasteiger partial charge in [-0.3, -0.25) is 4.79 Å². The Bertz CT molecular complexity index is 127. The molecule has 0 N–H and O–H groups in total. The van der Waals surface area contributed by atoms with Crippen LogP contribution in [0.1, 0.15) is 13.8 Å². The minimum atomic E-state index is 0.244. The molecule has 0 spiro atoms. The van der Waals surface area contributed by atoms with E-state index in [2.05, 4.69) is 5.32 Å². The first kappa shape index (κ1) is 7.54. The van der Waals surface area contributed by atoms with Gasteiger partial charge in [0.2, 0.25) is 0 Å². The zero-order valence-electron chi connectivity index (χ0n) is 6.37. The Morgan fingerprint density at radius 2 is 2.30 bits per heavy atom. The second-order valence-corrected chi connectivity index (χ2v) is 2.81. The standard InChI is InChI=1S/C7H12N2O/c1-6-4-9(5-10)7(2)3-8-6/h6-7H,3-4H2,1-2H3. The second-order valence-electron chi connectivity index (χ2n) is 2.81. The van der Waals surface area contributed by atoms with Crippen molar-refractivity contribution in [1.29, 1.82) is 0 Å². The summed E-state index contributed by atoms with van der Waals surface area (Å²) < 4.78 is 0. The third-order valence-corrected chi connectivity index (χ3v) is 1.79. The Hall–Kier alpha value is -0.570. The number of nitrogens with zero attached hydrogens (tertiary/aromatic N) is 2. The Labute approximate surface area is 61.4 Å². The van der Waals surface area contributed by atoms with Crippen molar-refractivity contribution in [2.24, 2.45) is 0 Å². The maximum atomic E-state index is 10.3. The van der Waals surface area contributed by atoms with E-state index in [-0.39, 0.29) is 12.1 Å². The topological polar surface area (TPSA) is 34.4 Å². The molecule has 0 saturated carbocycles. The van der Waals surface area contributed by atoms with Gasteiger partial charge in [0.25, 0.3) is 0 Å². The van der Waals surface area contributed by atoms with E-state index in [1.807, 2.05) is 20.3 Å². The SMILES string of the molecule is CC1CN([C]=O)C(C)C[N]1. The zero-order valence-corrected chi connectivity index (χ0v) is 6.37. The molecule has 0 aliphatic carbocycles. The number of amides is 1. The van der Waals surface area contributed by atoms with Crippen LogP contribution in [0.4, 0.5) is 0 Å². The average Bonchev–Trinajstić information content (AvgIpc) is 1.94. The lowest BCUT2D eigenvalue weighted by atomic mass is 10.2. The first-order chi connectivity index (χ1) is 4.74. The molecule has 0 aromatic carbocycles. The third-order valence-electron chi connectivity index (χ3n) is 1.79. The molecule has 2 atom stereocenters. The van der Waals surface area contributed by atoms with E-state index in [0.717, 1.165) is 13.1 Å². The molecule has 3 heteroatoms. The minimum absolute atomic E-state index is 0.244. The fourth-order valence-corrected chi connectivity index (χ4v) is 1.08. The van der Waals surface area contributed by atoms with Crippen molar-refractivity contribution in [2.45, 2.75) is 25.9 Å². The van der Waals surface area contributed by atoms with Crippen LogP contribution in [0.15, 0.2) is 0 Å². The quantitative estimate of drug-likeness (QED) is 0.494. The van der Waals surface area contributed by atoms with Gasteiger partial charge in [0.15, 0.2) is 0 Å². The summed E-state index contributed by atoms with van der Waals surface area (Å²) in [6, 6.07) is 0.534. The van der Waals surface area contributed by atoms with Gasteiger partial charge in [-0.25, -0.2) is 5.32 Å². The van der Waals surface area contributed by atoms with Crippen LogP contribution in [0.25, 0.3) is 0 Å². The van der Waals surface area contributed by atoms with E-state index in [4.69, 9.17) is 0 Å². The Morgan fingerprint density at radius 3 is 2.80 bits per heavy atom. The summed E-state index contributed by atoms with van der Waals surface area (Å²) in [4.78, 5) is 12.0. The molecule has 10 heavy (non-hydrogen) atoms. The van der Waals surface area contributed by atoms with Crippen LogP contribution in [0.2, 0.25) is 0 Å². The lowest BCUT2D eigenvalue weighted by Crippen LogP contribution is -2.50. The van der Waals surface area contributed by atoms with E-state index in [1.54, 1.807) is 4.90 Å². The second kappa shape index (κ2) is 3.01. The van der Waals surface area contributed by atoms with Gasteiger partial charge in [-0.1, -0.05) is 0 Å². The molecular weight excluding hydrogens is 128 g/mol. The summed E-state index contributed by atoms with van der Waals surface area (Å²) in [6.45, 7) is 5.48. The lowest BCUT2D eigenvalue weighted by Gasteiger charge is -2.32. The molecule has 0 aromatic rings. The van der Waals surface area contributed by atoms with Crippen LogP contribution < -0.4 is 5.32 Å². The smallest absolute Gasteiger partial charge is 0.312 e. The normalized spacial score (nSPS) is 34.0. The van der Waals surface area contributed by atoms with Crippen LogP contribution in [-0.2, 0) is 4.79 Å². The molecule has 1 rings (SSSR count). The van der Waals surface area contributed by atoms with E-state index in [9.17, 15) is 4.79 Å². The predicted octanol–water partition coefficient (Wildman–Crippen LogP) is -0.249. The largest absolute Gasteiger partial charge is 0.329 e. The van der Waals surface area contributed by atoms with Crippen LogP contribution in [0.5, 0.6) is 0 Å². The molecule has 1 saturated heterocycles. The van der Waals surface area contributed by atoms with E-state index in [1.165, 1.54) is 0 Å². The molecule has 1 fully saturated rings. The first-order valence-corrected chi connectivity index (χ1v) is 3.55. The molecule has 1 amide bonds. The van der Waals surface area contributed by atoms with Crippen molar-refractivity contribution >= 4 is 6.41 Å². The number of carbonyl (C=O) groups excluding carboxylic acids is 1. The molecule has 1 heterocycles. The number of hydrogen-bond acceptors (Lipinski definition) is 1. The molecule has 2 unspecified atom stereocenters. The highest BCUT2D eigenvalue weighted by Crippen LogP contribution is 2.03. The van der Waals surface area contributed by atoms with Gasteiger partial charge in [0.05, 0.1) is 0 Å². The van der Waals surface area contributed by atoms with Gasteiger partial charge in [0, 0.05) is 25.2 Å². The van der Waals surface area contributed by atoms with Crippen molar-refractivity contribution in [3.05, 3.63) is 0 Å². The average molecular weight is 140 g/mol. The van der Waals surface area contributed by atoms with Gasteiger partial charge < -0.3 is 4.90 Å². The maximum Gasteiger partial charge on any atom is 0.312 e. The summed E-state index contributed by atoms with van der Waals surface area (Å²) in [7, 11) is 0. The lowest BCUT2D eigenvalue weighted by molar-refractivity contribution is 0.221. The van der Waals surface area contributed by atoms with Gasteiger partial charge in [0.1, 0.15) is 0 Å². The monoisotopic (exact) mass is 140 g/mol. The molecule has 2 radical (unpaired) electrons. The Balaban J connectivity index is 2.45. The molecule has 0 bridgehead atoms. The highest BCUT2D eigenvalue weighted by molar-refractivity contribution is 5.49. The van der Waals surface area contributed by atoms with Gasteiger partial charge in [-0.2, -0.15) is 0 Å². The van der Waals surface area contributed by atoms with Crippen LogP contribution in [0, 0.1) is 0 Å². The highest BCUT2D eigenvalue weighted by atomic mass is 16.1. The molecule has 0 aromatic heterocycles. The van der Waals surface area contributed by atoms with E-state index >= 15 is 0 Å². The van der Waals surface area contributed by atoms with E-state index < -0.39 is 0 Å². The molecule has 1 aliphatic heterocycles. The number of piperazine rings is 1. The molecule has 1 aliphatic rings. The fourth-order valence-electron chi connectivity index (χ4n) is 1.08. The van der Waals surface area contributed by atoms with Crippen molar-refractivity contribution in [2.75, 3.05) is 13.1 Å². The van der Waals surface area contributed by atoms with Crippen molar-refractivity contribution < 1.29 is 4.79 Å². The predicted molar refractivity (Wildman–Crippen MR) is 38.3 cm³/mol. The van der Waals surface area contributed by atoms with Crippen LogP contribution >= 0.6 is 0 Å². The van der Waals surface area contributed by atoms with Crippen molar-refractivity contribution in [3.63, 3.8) is 0 Å². The summed E-state index contributed by atoms with van der Waals surface area (Å²) in [5, 5.41) is 4.29. The van der Waals surface area contributed by atoms with Gasteiger partial charge in [-0.15, -0.1) is 0 Å². The first-order valence-electron chi connectivity index (χ1n) is 3.55. The molecule has 56 valence electrons. The number of hydrogen-bond donors (Lipinski definition) is 0. The summed E-state index contributed by atoms with van der Waals surface area (Å²) >= 11 is 0. The summed E-state index contributed by atoms with van der Waals surface area (Å²) in [5.41, 5.74) is 0. The maximum absolute atomic E-state index is 10.3. The fraction of sp³-hybridized carbons (Fsp3) is 0.857. The van der Waals surface area contributed by atoms with Crippen LogP contribution in [-0.4, -0.2) is 36.5 Å². The summed E-state index contributed by atoms with van der Waals surface area (Å²) in [5.74, 6) is 0. The van der Waals surface area contributed by atoms with Crippen molar-refractivity contribution in [1.82, 2.24) is 10.2 Å².